The number of carbonyl (C=O) groups excluding carboxylic acids is 4. The van der Waals surface area contributed by atoms with Gasteiger partial charge in [0.05, 0.1) is 39.5 Å². The SMILES string of the molecule is COc1ccc(C(O)C(NC(=O)C(C)CC(=O)CN2CCOCC2)C(=O)NC(CC2CCCC2)C(=O)C2(C)CO2)cc1. The molecular formula is C31H45N3O8. The predicted molar refractivity (Wildman–Crippen MR) is 154 cm³/mol. The van der Waals surface area contributed by atoms with E-state index in [0.29, 0.717) is 56.6 Å². The Labute approximate surface area is 247 Å². The Morgan fingerprint density at radius 1 is 1.07 bits per heavy atom. The maximum atomic E-state index is 13.8. The number of ketones is 2. The van der Waals surface area contributed by atoms with Crippen molar-refractivity contribution >= 4 is 23.4 Å². The lowest BCUT2D eigenvalue weighted by Gasteiger charge is -2.29. The normalized spacial score (nSPS) is 23.8. The Bertz CT molecular complexity index is 1090. The number of methoxy groups -OCH3 is 1. The number of rotatable bonds is 15. The minimum Gasteiger partial charge on any atom is -0.497 e. The maximum Gasteiger partial charge on any atom is 0.246 e. The minimum atomic E-state index is -1.41. The van der Waals surface area contributed by atoms with Crippen LogP contribution in [-0.4, -0.2) is 97.6 Å². The number of nitrogens with one attached hydrogen (secondary N) is 2. The summed E-state index contributed by atoms with van der Waals surface area (Å²) in [7, 11) is 1.52. The molecule has 0 spiro atoms. The molecule has 4 rings (SSSR count). The Hall–Kier alpha value is -2.86. The zero-order valence-corrected chi connectivity index (χ0v) is 24.9. The molecule has 3 N–H and O–H groups in total. The van der Waals surface area contributed by atoms with Gasteiger partial charge >= 0.3 is 0 Å². The molecule has 11 nitrogen and oxygen atoms in total. The molecule has 2 saturated heterocycles. The molecule has 232 valence electrons. The number of epoxide rings is 1. The van der Waals surface area contributed by atoms with Crippen LogP contribution >= 0.6 is 0 Å². The lowest BCUT2D eigenvalue weighted by atomic mass is 9.90. The lowest BCUT2D eigenvalue weighted by molar-refractivity contribution is -0.137. The number of morpholine rings is 1. The standard InChI is InChI=1S/C31H45N3O8/c1-20(16-23(35)18-34-12-14-41-15-13-34)29(38)33-26(27(36)22-8-10-24(40-3)11-9-22)30(39)32-25(17-21-6-4-5-7-21)28(37)31(2)19-42-31/h8-11,20-21,25-27,36H,4-7,12-19H2,1-3H3,(H,32,39)(H,33,38). The van der Waals surface area contributed by atoms with Gasteiger partial charge in [-0.15, -0.1) is 0 Å². The highest BCUT2D eigenvalue weighted by Crippen LogP contribution is 2.34. The molecule has 1 aromatic carbocycles. The first kappa shape index (κ1) is 32.1. The van der Waals surface area contributed by atoms with E-state index < -0.39 is 41.5 Å². The molecular weight excluding hydrogens is 542 g/mol. The maximum absolute atomic E-state index is 13.8. The second-order valence-electron chi connectivity index (χ2n) is 12.1. The lowest BCUT2D eigenvalue weighted by Crippen LogP contribution is -2.56. The van der Waals surface area contributed by atoms with Gasteiger partial charge in [0.15, 0.2) is 5.78 Å². The van der Waals surface area contributed by atoms with Crippen LogP contribution in [0.4, 0.5) is 0 Å². The topological polar surface area (TPSA) is 147 Å². The van der Waals surface area contributed by atoms with Gasteiger partial charge in [0, 0.05) is 25.4 Å². The number of nitrogens with zero attached hydrogens (tertiary/aromatic N) is 1. The third kappa shape index (κ3) is 8.59. The van der Waals surface area contributed by atoms with Crippen molar-refractivity contribution in [1.29, 1.82) is 0 Å². The molecule has 11 heteroatoms. The number of aliphatic hydroxyl groups excluding tert-OH is 1. The Morgan fingerprint density at radius 2 is 1.71 bits per heavy atom. The molecule has 2 heterocycles. The van der Waals surface area contributed by atoms with Gasteiger partial charge in [-0.2, -0.15) is 0 Å². The van der Waals surface area contributed by atoms with Gasteiger partial charge in [-0.3, -0.25) is 24.1 Å². The Morgan fingerprint density at radius 3 is 2.31 bits per heavy atom. The molecule has 0 bridgehead atoms. The van der Waals surface area contributed by atoms with Crippen LogP contribution in [0, 0.1) is 11.8 Å². The highest BCUT2D eigenvalue weighted by atomic mass is 16.6. The molecule has 0 radical (unpaired) electrons. The third-order valence-electron chi connectivity index (χ3n) is 8.61. The van der Waals surface area contributed by atoms with E-state index in [1.165, 1.54) is 7.11 Å². The minimum absolute atomic E-state index is 0.00531. The van der Waals surface area contributed by atoms with Gasteiger partial charge in [0.2, 0.25) is 11.8 Å². The summed E-state index contributed by atoms with van der Waals surface area (Å²) in [5.74, 6) is -1.34. The first-order valence-electron chi connectivity index (χ1n) is 15.0. The van der Waals surface area contributed by atoms with Crippen molar-refractivity contribution in [2.45, 2.75) is 76.2 Å². The quantitative estimate of drug-likeness (QED) is 0.260. The molecule has 3 fully saturated rings. The van der Waals surface area contributed by atoms with Crippen LogP contribution in [0.5, 0.6) is 5.75 Å². The van der Waals surface area contributed by atoms with Gasteiger partial charge in [-0.25, -0.2) is 0 Å². The van der Waals surface area contributed by atoms with Crippen molar-refractivity contribution in [2.24, 2.45) is 11.8 Å². The van der Waals surface area contributed by atoms with Crippen LogP contribution in [0.2, 0.25) is 0 Å². The first-order chi connectivity index (χ1) is 20.1. The average molecular weight is 588 g/mol. The van der Waals surface area contributed by atoms with Crippen molar-refractivity contribution in [3.63, 3.8) is 0 Å². The average Bonchev–Trinajstić information content (AvgIpc) is 3.53. The Balaban J connectivity index is 1.47. The third-order valence-corrected chi connectivity index (χ3v) is 8.61. The van der Waals surface area contributed by atoms with Crippen molar-refractivity contribution in [3.05, 3.63) is 29.8 Å². The van der Waals surface area contributed by atoms with Gasteiger partial charge in [0.1, 0.15) is 29.3 Å². The molecule has 2 amide bonds. The first-order valence-corrected chi connectivity index (χ1v) is 15.0. The van der Waals surface area contributed by atoms with E-state index in [0.717, 1.165) is 25.7 Å². The molecule has 1 saturated carbocycles. The van der Waals surface area contributed by atoms with Crippen LogP contribution in [-0.2, 0) is 28.7 Å². The van der Waals surface area contributed by atoms with E-state index in [1.54, 1.807) is 38.1 Å². The van der Waals surface area contributed by atoms with E-state index in [4.69, 9.17) is 14.2 Å². The number of ether oxygens (including phenoxy) is 3. The van der Waals surface area contributed by atoms with E-state index in [1.807, 2.05) is 4.90 Å². The summed E-state index contributed by atoms with van der Waals surface area (Å²) in [6, 6.07) is 4.34. The van der Waals surface area contributed by atoms with Crippen LogP contribution in [0.3, 0.4) is 0 Å². The van der Waals surface area contributed by atoms with Crippen LogP contribution in [0.1, 0.15) is 64.0 Å². The number of hydrogen-bond donors (Lipinski definition) is 3. The van der Waals surface area contributed by atoms with Crippen molar-refractivity contribution in [2.75, 3.05) is 46.6 Å². The highest BCUT2D eigenvalue weighted by Gasteiger charge is 2.50. The summed E-state index contributed by atoms with van der Waals surface area (Å²) >= 11 is 0. The highest BCUT2D eigenvalue weighted by molar-refractivity contribution is 5.98. The van der Waals surface area contributed by atoms with Crippen molar-refractivity contribution < 1.29 is 38.5 Å². The van der Waals surface area contributed by atoms with Gasteiger partial charge < -0.3 is 30.0 Å². The smallest absolute Gasteiger partial charge is 0.246 e. The van der Waals surface area contributed by atoms with Gasteiger partial charge in [-0.1, -0.05) is 44.7 Å². The second kappa shape index (κ2) is 14.5. The molecule has 3 aliphatic rings. The molecule has 0 aromatic heterocycles. The number of Topliss-reactive ketones (excluding diaryl/α,β-unsaturated/α-hetero) is 2. The number of benzene rings is 1. The second-order valence-corrected chi connectivity index (χ2v) is 12.1. The number of hydrogen-bond acceptors (Lipinski definition) is 9. The molecule has 1 aromatic rings. The fraction of sp³-hybridized carbons (Fsp3) is 0.677. The summed E-state index contributed by atoms with van der Waals surface area (Å²) in [5.41, 5.74) is -0.539. The zero-order valence-electron chi connectivity index (χ0n) is 24.9. The molecule has 5 unspecified atom stereocenters. The van der Waals surface area contributed by atoms with Crippen molar-refractivity contribution in [3.8, 4) is 5.75 Å². The summed E-state index contributed by atoms with van der Waals surface area (Å²) in [6.45, 7) is 6.32. The monoisotopic (exact) mass is 587 g/mol. The number of aliphatic hydroxyl groups is 1. The van der Waals surface area contributed by atoms with Gasteiger partial charge in [-0.05, 0) is 37.0 Å². The van der Waals surface area contributed by atoms with Crippen LogP contribution < -0.4 is 15.4 Å². The van der Waals surface area contributed by atoms with E-state index >= 15 is 0 Å². The molecule has 1 aliphatic carbocycles. The van der Waals surface area contributed by atoms with Crippen LogP contribution in [0.25, 0.3) is 0 Å². The van der Waals surface area contributed by atoms with Crippen LogP contribution in [0.15, 0.2) is 24.3 Å². The Kier molecular flexibility index (Phi) is 11.1. The molecule has 42 heavy (non-hydrogen) atoms. The predicted octanol–water partition coefficient (Wildman–Crippen LogP) is 1.56. The number of amides is 2. The number of carbonyl (C=O) groups is 4. The summed E-state index contributed by atoms with van der Waals surface area (Å²) in [5, 5.41) is 16.9. The van der Waals surface area contributed by atoms with E-state index in [-0.39, 0.29) is 24.5 Å². The van der Waals surface area contributed by atoms with E-state index in [9.17, 15) is 24.3 Å². The summed E-state index contributed by atoms with van der Waals surface area (Å²) in [4.78, 5) is 55.1. The van der Waals surface area contributed by atoms with E-state index in [2.05, 4.69) is 10.6 Å². The van der Waals surface area contributed by atoms with Gasteiger partial charge in [0.25, 0.3) is 0 Å². The fourth-order valence-corrected chi connectivity index (χ4v) is 5.78. The summed E-state index contributed by atoms with van der Waals surface area (Å²) < 4.78 is 15.9. The van der Waals surface area contributed by atoms with Crippen molar-refractivity contribution in [1.82, 2.24) is 15.5 Å². The largest absolute Gasteiger partial charge is 0.497 e. The molecule has 5 atom stereocenters. The fourth-order valence-electron chi connectivity index (χ4n) is 5.78. The molecule has 2 aliphatic heterocycles. The summed E-state index contributed by atoms with van der Waals surface area (Å²) in [6.07, 6.45) is 3.22. The zero-order chi connectivity index (χ0) is 30.3.